The van der Waals surface area contributed by atoms with E-state index in [9.17, 15) is 14.4 Å². The van der Waals surface area contributed by atoms with Crippen molar-refractivity contribution < 1.29 is 19.5 Å². The molecule has 5 nitrogen and oxygen atoms in total. The molecule has 1 aromatic rings. The van der Waals surface area contributed by atoms with Crippen molar-refractivity contribution in [2.75, 3.05) is 4.90 Å². The number of fused-ring (bicyclic) bond motifs is 1. The number of carboxylic acids is 1. The maximum Gasteiger partial charge on any atom is 0.335 e. The highest BCUT2D eigenvalue weighted by Crippen LogP contribution is 2.37. The molecule has 0 saturated carbocycles. The lowest BCUT2D eigenvalue weighted by molar-refractivity contribution is -0.125. The molecule has 1 aromatic carbocycles. The van der Waals surface area contributed by atoms with Crippen LogP contribution < -0.4 is 4.90 Å². The van der Waals surface area contributed by atoms with Crippen molar-refractivity contribution >= 4 is 23.5 Å². The van der Waals surface area contributed by atoms with E-state index in [2.05, 4.69) is 0 Å². The minimum Gasteiger partial charge on any atom is -0.478 e. The maximum atomic E-state index is 11.8. The molecule has 1 atom stereocenters. The average molecular weight is 233 g/mol. The Balaban J connectivity index is 2.58. The van der Waals surface area contributed by atoms with E-state index in [1.807, 2.05) is 0 Å². The highest BCUT2D eigenvalue weighted by molar-refractivity contribution is 6.20. The molecule has 17 heavy (non-hydrogen) atoms. The summed E-state index contributed by atoms with van der Waals surface area (Å²) in [5.74, 6) is -2.19. The normalized spacial score (nSPS) is 18.1. The quantitative estimate of drug-likeness (QED) is 0.795. The zero-order valence-corrected chi connectivity index (χ0v) is 9.43. The van der Waals surface area contributed by atoms with Crippen LogP contribution in [0.5, 0.6) is 0 Å². The average Bonchev–Trinajstić information content (AvgIpc) is 2.51. The van der Waals surface area contributed by atoms with Gasteiger partial charge in [-0.2, -0.15) is 0 Å². The Morgan fingerprint density at radius 1 is 1.35 bits per heavy atom. The van der Waals surface area contributed by atoms with E-state index < -0.39 is 11.9 Å². The van der Waals surface area contributed by atoms with Gasteiger partial charge < -0.3 is 5.11 Å². The third kappa shape index (κ3) is 1.60. The van der Waals surface area contributed by atoms with Crippen LogP contribution in [0.15, 0.2) is 18.2 Å². The summed E-state index contributed by atoms with van der Waals surface area (Å²) in [6.07, 6.45) is 0. The number of anilines is 1. The van der Waals surface area contributed by atoms with Crippen LogP contribution in [-0.2, 0) is 9.59 Å². The lowest BCUT2D eigenvalue weighted by Crippen LogP contribution is -2.32. The molecule has 1 heterocycles. The molecule has 5 heteroatoms. The van der Waals surface area contributed by atoms with Gasteiger partial charge in [-0.15, -0.1) is 0 Å². The Labute approximate surface area is 97.7 Å². The second-order valence-electron chi connectivity index (χ2n) is 3.99. The van der Waals surface area contributed by atoms with E-state index in [0.29, 0.717) is 11.3 Å². The first kappa shape index (κ1) is 11.3. The van der Waals surface area contributed by atoms with Gasteiger partial charge in [0.05, 0.1) is 17.2 Å². The number of carbonyl (C=O) groups is 3. The van der Waals surface area contributed by atoms with Gasteiger partial charge in [0.15, 0.2) is 0 Å². The summed E-state index contributed by atoms with van der Waals surface area (Å²) in [5, 5.41) is 8.88. The molecule has 0 aliphatic carbocycles. The van der Waals surface area contributed by atoms with Gasteiger partial charge in [0.25, 0.3) is 0 Å². The Kier molecular flexibility index (Phi) is 2.46. The second kappa shape index (κ2) is 3.69. The van der Waals surface area contributed by atoms with Crippen molar-refractivity contribution in [2.24, 2.45) is 0 Å². The number of benzene rings is 1. The van der Waals surface area contributed by atoms with Crippen LogP contribution in [0.1, 0.15) is 35.7 Å². The number of nitrogens with zero attached hydrogens (tertiary/aromatic N) is 1. The highest BCUT2D eigenvalue weighted by atomic mass is 16.4. The number of carbonyl (C=O) groups excluding carboxylic acids is 2. The molecule has 1 aliphatic rings. The minimum atomic E-state index is -1.05. The molecule has 2 amide bonds. The van der Waals surface area contributed by atoms with Gasteiger partial charge in [0.2, 0.25) is 11.8 Å². The standard InChI is InChI=1S/C12H11NO4/c1-6-9-5-8(12(16)17)3-4-10(9)13(7(2)14)11(6)15/h3-6H,1-2H3,(H,16,17). The van der Waals surface area contributed by atoms with Crippen molar-refractivity contribution in [3.8, 4) is 0 Å². The van der Waals surface area contributed by atoms with Crippen molar-refractivity contribution in [1.82, 2.24) is 0 Å². The number of aromatic carboxylic acids is 1. The van der Waals surface area contributed by atoms with Gasteiger partial charge in [-0.3, -0.25) is 9.59 Å². The summed E-state index contributed by atoms with van der Waals surface area (Å²) in [6.45, 7) is 2.97. The molecule has 0 radical (unpaired) electrons. The van der Waals surface area contributed by atoms with E-state index in [1.165, 1.54) is 25.1 Å². The molecule has 0 saturated heterocycles. The topological polar surface area (TPSA) is 74.7 Å². The molecule has 0 aromatic heterocycles. The van der Waals surface area contributed by atoms with Crippen LogP contribution in [-0.4, -0.2) is 22.9 Å². The van der Waals surface area contributed by atoms with Gasteiger partial charge in [-0.25, -0.2) is 9.69 Å². The molecule has 1 unspecified atom stereocenters. The molecule has 1 aliphatic heterocycles. The number of hydrogen-bond donors (Lipinski definition) is 1. The van der Waals surface area contributed by atoms with Crippen molar-refractivity contribution in [2.45, 2.75) is 19.8 Å². The lowest BCUT2D eigenvalue weighted by Gasteiger charge is -2.12. The Morgan fingerprint density at radius 3 is 2.53 bits per heavy atom. The number of rotatable bonds is 1. The zero-order valence-electron chi connectivity index (χ0n) is 9.43. The molecule has 2 rings (SSSR count). The molecule has 0 bridgehead atoms. The monoisotopic (exact) mass is 233 g/mol. The van der Waals surface area contributed by atoms with E-state index in [-0.39, 0.29) is 17.4 Å². The summed E-state index contributed by atoms with van der Waals surface area (Å²) in [6, 6.07) is 4.34. The number of imide groups is 1. The SMILES string of the molecule is CC(=O)N1C(=O)C(C)c2cc(C(=O)O)ccc21. The first-order chi connectivity index (χ1) is 7.93. The summed E-state index contributed by atoms with van der Waals surface area (Å²) in [7, 11) is 0. The predicted octanol–water partition coefficient (Wildman–Crippen LogP) is 1.38. The van der Waals surface area contributed by atoms with Gasteiger partial charge in [-0.1, -0.05) is 0 Å². The van der Waals surface area contributed by atoms with Gasteiger partial charge in [0, 0.05) is 6.92 Å². The summed E-state index contributed by atoms with van der Waals surface area (Å²) < 4.78 is 0. The molecule has 0 fully saturated rings. The van der Waals surface area contributed by atoms with Crippen molar-refractivity contribution in [1.29, 1.82) is 0 Å². The van der Waals surface area contributed by atoms with Crippen LogP contribution in [0.4, 0.5) is 5.69 Å². The number of amides is 2. The van der Waals surface area contributed by atoms with Crippen LogP contribution in [0, 0.1) is 0 Å². The first-order valence-electron chi connectivity index (χ1n) is 5.15. The third-order valence-corrected chi connectivity index (χ3v) is 2.89. The lowest BCUT2D eigenvalue weighted by atomic mass is 10.0. The summed E-state index contributed by atoms with van der Waals surface area (Å²) in [5.41, 5.74) is 1.19. The minimum absolute atomic E-state index is 0.119. The van der Waals surface area contributed by atoms with E-state index in [4.69, 9.17) is 5.11 Å². The van der Waals surface area contributed by atoms with Gasteiger partial charge >= 0.3 is 5.97 Å². The highest BCUT2D eigenvalue weighted by Gasteiger charge is 2.36. The van der Waals surface area contributed by atoms with Crippen molar-refractivity contribution in [3.05, 3.63) is 29.3 Å². The Bertz CT molecular complexity index is 535. The van der Waals surface area contributed by atoms with E-state index in [1.54, 1.807) is 6.92 Å². The number of carboxylic acid groups (broad SMARTS) is 1. The summed E-state index contributed by atoms with van der Waals surface area (Å²) >= 11 is 0. The predicted molar refractivity (Wildman–Crippen MR) is 60.0 cm³/mol. The van der Waals surface area contributed by atoms with Gasteiger partial charge in [0.1, 0.15) is 0 Å². The largest absolute Gasteiger partial charge is 0.478 e. The smallest absolute Gasteiger partial charge is 0.335 e. The molecule has 88 valence electrons. The maximum absolute atomic E-state index is 11.8. The molecule has 1 N–H and O–H groups in total. The Morgan fingerprint density at radius 2 is 2.00 bits per heavy atom. The van der Waals surface area contributed by atoms with Crippen LogP contribution in [0.2, 0.25) is 0 Å². The fourth-order valence-electron chi connectivity index (χ4n) is 2.01. The fraction of sp³-hybridized carbons (Fsp3) is 0.250. The second-order valence-corrected chi connectivity index (χ2v) is 3.99. The van der Waals surface area contributed by atoms with Crippen LogP contribution in [0.3, 0.4) is 0 Å². The molecular weight excluding hydrogens is 222 g/mol. The van der Waals surface area contributed by atoms with Crippen LogP contribution >= 0.6 is 0 Å². The van der Waals surface area contributed by atoms with Crippen molar-refractivity contribution in [3.63, 3.8) is 0 Å². The van der Waals surface area contributed by atoms with E-state index >= 15 is 0 Å². The number of hydrogen-bond acceptors (Lipinski definition) is 3. The Hall–Kier alpha value is -2.17. The third-order valence-electron chi connectivity index (χ3n) is 2.89. The summed E-state index contributed by atoms with van der Waals surface area (Å²) in [4.78, 5) is 35.1. The van der Waals surface area contributed by atoms with Gasteiger partial charge in [-0.05, 0) is 30.7 Å². The first-order valence-corrected chi connectivity index (χ1v) is 5.15. The molecule has 0 spiro atoms. The van der Waals surface area contributed by atoms with E-state index in [0.717, 1.165) is 4.90 Å². The molecular formula is C12H11NO4. The fourth-order valence-corrected chi connectivity index (χ4v) is 2.01. The van der Waals surface area contributed by atoms with Crippen LogP contribution in [0.25, 0.3) is 0 Å². The zero-order chi connectivity index (χ0) is 12.7.